The minimum absolute atomic E-state index is 1.02. The van der Waals surface area contributed by atoms with Crippen LogP contribution in [0.4, 0.5) is 0 Å². The van der Waals surface area contributed by atoms with Crippen molar-refractivity contribution in [3.05, 3.63) is 58.5 Å². The monoisotopic (exact) mass is 570 g/mol. The van der Waals surface area contributed by atoms with Crippen LogP contribution in [0.3, 0.4) is 0 Å². The normalized spacial score (nSPS) is 11.7. The summed E-state index contributed by atoms with van der Waals surface area (Å²) in [5.74, 6) is 0. The lowest BCUT2D eigenvalue weighted by molar-refractivity contribution is 0.606. The molecule has 0 bridgehead atoms. The van der Waals surface area contributed by atoms with Crippen LogP contribution < -0.4 is 0 Å². The molecule has 40 heavy (non-hydrogen) atoms. The number of benzene rings is 3. The Labute approximate surface area is 247 Å². The summed E-state index contributed by atoms with van der Waals surface area (Å²) in [4.78, 5) is 0. The molecule has 6 heteroatoms. The molecule has 0 aliphatic heterocycles. The molecule has 0 N–H and O–H groups in total. The Balaban J connectivity index is 1.27. The highest BCUT2D eigenvalue weighted by Crippen LogP contribution is 2.35. The van der Waals surface area contributed by atoms with E-state index < -0.39 is 0 Å². The van der Waals surface area contributed by atoms with Gasteiger partial charge in [-0.25, -0.2) is 0 Å². The third-order valence-corrected chi connectivity index (χ3v) is 9.79. The van der Waals surface area contributed by atoms with E-state index in [-0.39, 0.29) is 0 Å². The summed E-state index contributed by atoms with van der Waals surface area (Å²) in [5, 5.41) is 27.4. The van der Waals surface area contributed by atoms with Gasteiger partial charge in [-0.1, -0.05) is 131 Å². The third kappa shape index (κ3) is 7.52. The molecular weight excluding hydrogens is 529 g/mol. The van der Waals surface area contributed by atoms with Gasteiger partial charge in [0, 0.05) is 24.0 Å². The predicted octanol–water partition coefficient (Wildman–Crippen LogP) is 10.8. The first kappa shape index (κ1) is 28.8. The molecule has 0 fully saturated rings. The number of nitrogens with zero attached hydrogens (tertiary/aromatic N) is 4. The molecule has 0 saturated heterocycles. The van der Waals surface area contributed by atoms with E-state index in [0.717, 1.165) is 38.4 Å². The molecule has 0 unspecified atom stereocenters. The molecule has 2 heterocycles. The van der Waals surface area contributed by atoms with Crippen molar-refractivity contribution in [2.75, 3.05) is 0 Å². The first-order chi connectivity index (χ1) is 19.7. The summed E-state index contributed by atoms with van der Waals surface area (Å²) in [6.07, 6.45) is 17.7. The van der Waals surface area contributed by atoms with Crippen LogP contribution in [0.5, 0.6) is 0 Å². The van der Waals surface area contributed by atoms with Crippen molar-refractivity contribution >= 4 is 44.2 Å². The fraction of sp³-hybridized carbons (Fsp3) is 0.471. The number of hydrogen-bond donors (Lipinski definition) is 0. The second-order valence-electron chi connectivity index (χ2n) is 11.0. The summed E-state index contributed by atoms with van der Waals surface area (Å²) < 4.78 is 0. The molecule has 0 amide bonds. The SMILES string of the molecule is CCCCCCCCc1nnc(-c2ccc3cc4c(-c5nnc(CCCCCCCC)s5)cccc4cc3c2)s1. The van der Waals surface area contributed by atoms with Gasteiger partial charge in [-0.15, -0.1) is 20.4 Å². The molecule has 0 spiro atoms. The van der Waals surface area contributed by atoms with Crippen LogP contribution in [0.15, 0.2) is 48.5 Å². The fourth-order valence-corrected chi connectivity index (χ4v) is 7.19. The van der Waals surface area contributed by atoms with Gasteiger partial charge < -0.3 is 0 Å². The first-order valence-electron chi connectivity index (χ1n) is 15.4. The third-order valence-electron chi connectivity index (χ3n) is 7.74. The topological polar surface area (TPSA) is 51.6 Å². The molecule has 3 aromatic carbocycles. The average Bonchev–Trinajstić information content (AvgIpc) is 3.65. The molecule has 0 aliphatic carbocycles. The molecule has 0 atom stereocenters. The van der Waals surface area contributed by atoms with Crippen LogP contribution in [-0.4, -0.2) is 20.4 Å². The van der Waals surface area contributed by atoms with E-state index in [4.69, 9.17) is 0 Å². The van der Waals surface area contributed by atoms with E-state index in [1.165, 1.54) is 104 Å². The maximum Gasteiger partial charge on any atom is 0.148 e. The number of aryl methyl sites for hydroxylation is 2. The van der Waals surface area contributed by atoms with Crippen LogP contribution in [0.2, 0.25) is 0 Å². The van der Waals surface area contributed by atoms with E-state index in [0.29, 0.717) is 0 Å². The fourth-order valence-electron chi connectivity index (χ4n) is 5.39. The number of rotatable bonds is 16. The van der Waals surface area contributed by atoms with Crippen LogP contribution in [0, 0.1) is 0 Å². The van der Waals surface area contributed by atoms with Gasteiger partial charge >= 0.3 is 0 Å². The van der Waals surface area contributed by atoms with Gasteiger partial charge in [-0.05, 0) is 52.6 Å². The summed E-state index contributed by atoms with van der Waals surface area (Å²) >= 11 is 3.49. The van der Waals surface area contributed by atoms with Crippen molar-refractivity contribution < 1.29 is 0 Å². The second-order valence-corrected chi connectivity index (χ2v) is 13.1. The van der Waals surface area contributed by atoms with E-state index in [1.54, 1.807) is 22.7 Å². The van der Waals surface area contributed by atoms with Crippen LogP contribution in [0.1, 0.15) is 101 Å². The Bertz CT molecular complexity index is 1500. The molecule has 2 aromatic heterocycles. The van der Waals surface area contributed by atoms with Crippen molar-refractivity contribution in [2.24, 2.45) is 0 Å². The van der Waals surface area contributed by atoms with Gasteiger partial charge in [-0.3, -0.25) is 0 Å². The number of aromatic nitrogens is 4. The van der Waals surface area contributed by atoms with Crippen molar-refractivity contribution in [1.29, 1.82) is 0 Å². The molecule has 210 valence electrons. The predicted molar refractivity (Wildman–Crippen MR) is 173 cm³/mol. The summed E-state index contributed by atoms with van der Waals surface area (Å²) in [6, 6.07) is 17.8. The standard InChI is InChI=1S/C34H42N4S2/c1-3-5-7-9-11-13-18-31-35-37-33(39-31)27-21-20-25-24-30-26(22-28(25)23-27)16-15-17-29(30)34-38-36-32(40-34)19-14-12-10-8-6-4-2/h15-17,20-24H,3-14,18-19H2,1-2H3. The zero-order valence-corrected chi connectivity index (χ0v) is 25.8. The van der Waals surface area contributed by atoms with Crippen LogP contribution in [-0.2, 0) is 12.8 Å². The maximum absolute atomic E-state index is 4.60. The van der Waals surface area contributed by atoms with Crippen molar-refractivity contribution in [3.8, 4) is 21.1 Å². The van der Waals surface area contributed by atoms with Crippen molar-refractivity contribution in [3.63, 3.8) is 0 Å². The van der Waals surface area contributed by atoms with Gasteiger partial charge in [0.15, 0.2) is 0 Å². The molecule has 0 saturated carbocycles. The van der Waals surface area contributed by atoms with E-state index in [1.807, 2.05) is 0 Å². The number of unbranched alkanes of at least 4 members (excludes halogenated alkanes) is 10. The molecule has 5 rings (SSSR count). The van der Waals surface area contributed by atoms with Crippen molar-refractivity contribution in [2.45, 2.75) is 104 Å². The highest BCUT2D eigenvalue weighted by atomic mass is 32.1. The zero-order valence-electron chi connectivity index (χ0n) is 24.1. The zero-order chi connectivity index (χ0) is 27.6. The smallest absolute Gasteiger partial charge is 0.143 e. The largest absolute Gasteiger partial charge is 0.148 e. The summed E-state index contributed by atoms with van der Waals surface area (Å²) in [6.45, 7) is 4.53. The van der Waals surface area contributed by atoms with E-state index in [2.05, 4.69) is 82.8 Å². The Morgan fingerprint density at radius 2 is 1.15 bits per heavy atom. The minimum atomic E-state index is 1.02. The number of fused-ring (bicyclic) bond motifs is 2. The summed E-state index contributed by atoms with van der Waals surface area (Å²) in [5.41, 5.74) is 2.33. The number of hydrogen-bond acceptors (Lipinski definition) is 6. The molecule has 4 nitrogen and oxygen atoms in total. The Morgan fingerprint density at radius 1 is 0.525 bits per heavy atom. The lowest BCUT2D eigenvalue weighted by Gasteiger charge is -2.07. The van der Waals surface area contributed by atoms with Gasteiger partial charge in [0.1, 0.15) is 20.0 Å². The lowest BCUT2D eigenvalue weighted by Crippen LogP contribution is -1.85. The Kier molecular flexibility index (Phi) is 10.7. The molecule has 0 radical (unpaired) electrons. The average molecular weight is 571 g/mol. The Hall–Kier alpha value is -2.70. The van der Waals surface area contributed by atoms with Crippen LogP contribution in [0.25, 0.3) is 42.7 Å². The first-order valence-corrected chi connectivity index (χ1v) is 17.0. The van der Waals surface area contributed by atoms with Gasteiger partial charge in [0.2, 0.25) is 0 Å². The van der Waals surface area contributed by atoms with Gasteiger partial charge in [0.05, 0.1) is 0 Å². The molecule has 0 aliphatic rings. The minimum Gasteiger partial charge on any atom is -0.143 e. The summed E-state index contributed by atoms with van der Waals surface area (Å²) in [7, 11) is 0. The highest BCUT2D eigenvalue weighted by Gasteiger charge is 2.13. The quantitative estimate of drug-likeness (QED) is 0.0874. The van der Waals surface area contributed by atoms with E-state index >= 15 is 0 Å². The lowest BCUT2D eigenvalue weighted by atomic mass is 9.99. The van der Waals surface area contributed by atoms with E-state index in [9.17, 15) is 0 Å². The second kappa shape index (κ2) is 14.8. The maximum atomic E-state index is 4.60. The van der Waals surface area contributed by atoms with Gasteiger partial charge in [0.25, 0.3) is 0 Å². The van der Waals surface area contributed by atoms with Crippen LogP contribution >= 0.6 is 22.7 Å². The molecular formula is C34H42N4S2. The van der Waals surface area contributed by atoms with Crippen molar-refractivity contribution in [1.82, 2.24) is 20.4 Å². The van der Waals surface area contributed by atoms with Gasteiger partial charge in [-0.2, -0.15) is 0 Å². The molecule has 5 aromatic rings. The Morgan fingerprint density at radius 3 is 1.85 bits per heavy atom. The highest BCUT2D eigenvalue weighted by molar-refractivity contribution is 7.15.